The van der Waals surface area contributed by atoms with Crippen molar-refractivity contribution >= 4 is 72.4 Å². The molecule has 0 saturated carbocycles. The number of nitrogens with zero attached hydrogens (tertiary/aromatic N) is 2. The molecule has 3 aromatic rings. The second-order valence-corrected chi connectivity index (χ2v) is 10.7. The maximum absolute atomic E-state index is 13.5. The summed E-state index contributed by atoms with van der Waals surface area (Å²) in [4.78, 5) is 32.2. The Morgan fingerprint density at radius 2 is 1.74 bits per heavy atom. The number of amidine groups is 1. The predicted molar refractivity (Wildman–Crippen MR) is 157 cm³/mol. The van der Waals surface area contributed by atoms with Crippen LogP contribution < -0.4 is 9.47 Å². The molecule has 0 aromatic heterocycles. The minimum atomic E-state index is -0.451. The fourth-order valence-electron chi connectivity index (χ4n) is 3.54. The highest BCUT2D eigenvalue weighted by molar-refractivity contribution is 9.11. The van der Waals surface area contributed by atoms with Gasteiger partial charge < -0.3 is 14.2 Å². The van der Waals surface area contributed by atoms with Crippen molar-refractivity contribution in [1.82, 2.24) is 4.90 Å². The summed E-state index contributed by atoms with van der Waals surface area (Å²) in [5, 5.41) is 0.593. The number of hydrogen-bond donors (Lipinski definition) is 0. The van der Waals surface area contributed by atoms with Crippen LogP contribution in [-0.2, 0) is 20.9 Å². The highest BCUT2D eigenvalue weighted by atomic mass is 79.9. The number of para-hydroxylation sites is 1. The third-order valence-electron chi connectivity index (χ3n) is 5.33. The Morgan fingerprint density at radius 1 is 1.05 bits per heavy atom. The standard InChI is InChI=1S/C28H24Br2N2O5S/c1-3-36-25(33)17-37-26-22(29)13-19(14-23(26)30)15-24-27(34)32(16-18-9-11-21(35-2)12-10-18)28(38-24)31-20-7-5-4-6-8-20/h4-15H,3,16-17H2,1-2H3/b24-15-,31-28?. The van der Waals surface area contributed by atoms with Crippen LogP contribution in [0.3, 0.4) is 0 Å². The fraction of sp³-hybridized carbons (Fsp3) is 0.179. The van der Waals surface area contributed by atoms with Crippen molar-refractivity contribution in [3.05, 3.63) is 91.7 Å². The molecule has 1 aliphatic heterocycles. The predicted octanol–water partition coefficient (Wildman–Crippen LogP) is 6.97. The molecule has 10 heteroatoms. The Hall–Kier alpha value is -3.08. The van der Waals surface area contributed by atoms with Gasteiger partial charge in [-0.25, -0.2) is 9.79 Å². The lowest BCUT2D eigenvalue weighted by atomic mass is 10.2. The SMILES string of the molecule is CCOC(=O)COc1c(Br)cc(/C=C2\SC(=Nc3ccccc3)N(Cc3ccc(OC)cc3)C2=O)cc1Br. The molecule has 1 amide bonds. The fourth-order valence-corrected chi connectivity index (χ4v) is 5.99. The first-order valence-electron chi connectivity index (χ1n) is 11.6. The molecule has 0 radical (unpaired) electrons. The highest BCUT2D eigenvalue weighted by Gasteiger charge is 2.33. The number of aliphatic imine (C=N–C) groups is 1. The van der Waals surface area contributed by atoms with Crippen LogP contribution >= 0.6 is 43.6 Å². The van der Waals surface area contributed by atoms with Crippen LogP contribution in [0.4, 0.5) is 5.69 Å². The maximum Gasteiger partial charge on any atom is 0.344 e. The summed E-state index contributed by atoms with van der Waals surface area (Å²) in [6.45, 7) is 2.18. The number of hydrogen-bond acceptors (Lipinski definition) is 7. The molecule has 196 valence electrons. The molecule has 0 bridgehead atoms. The summed E-state index contributed by atoms with van der Waals surface area (Å²) in [5.74, 6) is 0.626. The first kappa shape index (κ1) is 27.9. The average Bonchev–Trinajstić information content (AvgIpc) is 3.18. The van der Waals surface area contributed by atoms with E-state index in [1.165, 1.54) is 11.8 Å². The first-order valence-corrected chi connectivity index (χ1v) is 14.0. The van der Waals surface area contributed by atoms with Gasteiger partial charge in [-0.3, -0.25) is 9.69 Å². The topological polar surface area (TPSA) is 77.4 Å². The molecule has 0 aliphatic carbocycles. The monoisotopic (exact) mass is 658 g/mol. The first-order chi connectivity index (χ1) is 18.4. The van der Waals surface area contributed by atoms with E-state index in [0.29, 0.717) is 31.3 Å². The van der Waals surface area contributed by atoms with E-state index in [2.05, 4.69) is 31.9 Å². The third kappa shape index (κ3) is 7.06. The summed E-state index contributed by atoms with van der Waals surface area (Å²) in [6, 6.07) is 20.8. The van der Waals surface area contributed by atoms with E-state index in [1.807, 2.05) is 72.8 Å². The van der Waals surface area contributed by atoms with Gasteiger partial charge in [-0.05, 0) is 104 Å². The number of ether oxygens (including phenoxy) is 3. The van der Waals surface area contributed by atoms with E-state index in [4.69, 9.17) is 19.2 Å². The van der Waals surface area contributed by atoms with Gasteiger partial charge in [0.25, 0.3) is 5.91 Å². The van der Waals surface area contributed by atoms with E-state index >= 15 is 0 Å². The van der Waals surface area contributed by atoms with E-state index in [1.54, 1.807) is 18.9 Å². The largest absolute Gasteiger partial charge is 0.497 e. The van der Waals surface area contributed by atoms with E-state index in [9.17, 15) is 9.59 Å². The molecular formula is C28H24Br2N2O5S. The molecule has 0 atom stereocenters. The molecule has 38 heavy (non-hydrogen) atoms. The van der Waals surface area contributed by atoms with Crippen LogP contribution in [0.5, 0.6) is 11.5 Å². The van der Waals surface area contributed by atoms with Crippen molar-refractivity contribution in [3.63, 3.8) is 0 Å². The Balaban J connectivity index is 1.61. The summed E-state index contributed by atoms with van der Waals surface area (Å²) >= 11 is 8.32. The van der Waals surface area contributed by atoms with Gasteiger partial charge in [0.2, 0.25) is 0 Å². The highest BCUT2D eigenvalue weighted by Crippen LogP contribution is 2.39. The smallest absolute Gasteiger partial charge is 0.344 e. The van der Waals surface area contributed by atoms with Crippen LogP contribution in [0.15, 0.2) is 85.6 Å². The van der Waals surface area contributed by atoms with Crippen LogP contribution in [0.1, 0.15) is 18.1 Å². The second kappa shape index (κ2) is 13.1. The molecule has 0 unspecified atom stereocenters. The van der Waals surface area contributed by atoms with Gasteiger partial charge in [0.05, 0.1) is 39.8 Å². The molecule has 0 N–H and O–H groups in total. The Kier molecular flexibility index (Phi) is 9.65. The number of carbonyl (C=O) groups is 2. The summed E-state index contributed by atoms with van der Waals surface area (Å²) in [7, 11) is 1.62. The number of amides is 1. The van der Waals surface area contributed by atoms with Crippen LogP contribution in [0.25, 0.3) is 6.08 Å². The van der Waals surface area contributed by atoms with Crippen molar-refractivity contribution in [2.24, 2.45) is 4.99 Å². The number of methoxy groups -OCH3 is 1. The summed E-state index contributed by atoms with van der Waals surface area (Å²) < 4.78 is 17.0. The Labute approximate surface area is 242 Å². The van der Waals surface area contributed by atoms with Gasteiger partial charge in [0.15, 0.2) is 11.8 Å². The Bertz CT molecular complexity index is 1350. The van der Waals surface area contributed by atoms with Crippen LogP contribution in [-0.4, -0.2) is 42.3 Å². The second-order valence-electron chi connectivity index (χ2n) is 7.99. The lowest BCUT2D eigenvalue weighted by Gasteiger charge is -2.16. The van der Waals surface area contributed by atoms with E-state index in [-0.39, 0.29) is 19.1 Å². The minimum absolute atomic E-state index is 0.143. The van der Waals surface area contributed by atoms with E-state index < -0.39 is 5.97 Å². The summed E-state index contributed by atoms with van der Waals surface area (Å²) in [6.07, 6.45) is 1.81. The summed E-state index contributed by atoms with van der Waals surface area (Å²) in [5.41, 5.74) is 2.49. The van der Waals surface area contributed by atoms with Gasteiger partial charge in [-0.1, -0.05) is 30.3 Å². The number of thioether (sulfide) groups is 1. The number of halogens is 2. The normalized spacial score (nSPS) is 15.3. The number of benzene rings is 3. The van der Waals surface area contributed by atoms with Gasteiger partial charge >= 0.3 is 5.97 Å². The molecule has 1 fully saturated rings. The number of carbonyl (C=O) groups excluding carboxylic acids is 2. The van der Waals surface area contributed by atoms with Gasteiger partial charge in [0.1, 0.15) is 11.5 Å². The molecule has 3 aromatic carbocycles. The minimum Gasteiger partial charge on any atom is -0.497 e. The zero-order chi connectivity index (χ0) is 27.1. The number of esters is 1. The number of rotatable bonds is 9. The van der Waals surface area contributed by atoms with Crippen molar-refractivity contribution < 1.29 is 23.8 Å². The zero-order valence-electron chi connectivity index (χ0n) is 20.6. The average molecular weight is 660 g/mol. The van der Waals surface area contributed by atoms with Crippen molar-refractivity contribution in [3.8, 4) is 11.5 Å². The lowest BCUT2D eigenvalue weighted by molar-refractivity contribution is -0.145. The van der Waals surface area contributed by atoms with Crippen molar-refractivity contribution in [2.45, 2.75) is 13.5 Å². The molecule has 4 rings (SSSR count). The van der Waals surface area contributed by atoms with Gasteiger partial charge in [-0.2, -0.15) is 0 Å². The molecule has 1 saturated heterocycles. The van der Waals surface area contributed by atoms with Crippen molar-refractivity contribution in [2.75, 3.05) is 20.3 Å². The molecule has 0 spiro atoms. The Morgan fingerprint density at radius 3 is 2.37 bits per heavy atom. The lowest BCUT2D eigenvalue weighted by Crippen LogP contribution is -2.28. The van der Waals surface area contributed by atoms with Crippen molar-refractivity contribution in [1.29, 1.82) is 0 Å². The van der Waals surface area contributed by atoms with Crippen LogP contribution in [0.2, 0.25) is 0 Å². The van der Waals surface area contributed by atoms with Crippen LogP contribution in [0, 0.1) is 0 Å². The van der Waals surface area contributed by atoms with Gasteiger partial charge in [-0.15, -0.1) is 0 Å². The quantitative estimate of drug-likeness (QED) is 0.183. The van der Waals surface area contributed by atoms with Gasteiger partial charge in [0, 0.05) is 0 Å². The molecule has 7 nitrogen and oxygen atoms in total. The maximum atomic E-state index is 13.5. The molecule has 1 aliphatic rings. The molecular weight excluding hydrogens is 636 g/mol. The third-order valence-corrected chi connectivity index (χ3v) is 7.51. The zero-order valence-corrected chi connectivity index (χ0v) is 24.6. The van der Waals surface area contributed by atoms with E-state index in [0.717, 1.165) is 22.6 Å². The molecule has 1 heterocycles.